The van der Waals surface area contributed by atoms with Gasteiger partial charge in [-0.25, -0.2) is 0 Å². The summed E-state index contributed by atoms with van der Waals surface area (Å²) < 4.78 is 0. The van der Waals surface area contributed by atoms with Crippen molar-refractivity contribution in [2.24, 2.45) is 11.7 Å². The van der Waals surface area contributed by atoms with Crippen molar-refractivity contribution in [2.75, 3.05) is 13.6 Å². The van der Waals surface area contributed by atoms with Gasteiger partial charge in [0.15, 0.2) is 0 Å². The number of hydrogen-bond donors (Lipinski definition) is 1. The van der Waals surface area contributed by atoms with Crippen LogP contribution >= 0.6 is 0 Å². The van der Waals surface area contributed by atoms with Crippen LogP contribution in [-0.2, 0) is 6.42 Å². The fourth-order valence-corrected chi connectivity index (χ4v) is 2.02. The normalized spacial score (nSPS) is 12.5. The maximum absolute atomic E-state index is 12.4. The lowest BCUT2D eigenvalue weighted by molar-refractivity contribution is 0.0788. The van der Waals surface area contributed by atoms with Crippen molar-refractivity contribution in [1.82, 2.24) is 4.90 Å². The van der Waals surface area contributed by atoms with Gasteiger partial charge in [-0.05, 0) is 30.4 Å². The standard InChI is InChI=1S/C16H26N2O/c1-5-13-8-6-7-9-14(13)16(19)18(4)11-10-15(17)12(2)3/h6-9,12,15H,5,10-11,17H2,1-4H3. The SMILES string of the molecule is CCc1ccccc1C(=O)N(C)CCC(N)C(C)C. The van der Waals surface area contributed by atoms with E-state index in [-0.39, 0.29) is 11.9 Å². The van der Waals surface area contributed by atoms with E-state index in [1.165, 1.54) is 0 Å². The second-order valence-corrected chi connectivity index (χ2v) is 5.43. The summed E-state index contributed by atoms with van der Waals surface area (Å²) in [5.74, 6) is 0.542. The Morgan fingerprint density at radius 2 is 1.95 bits per heavy atom. The Morgan fingerprint density at radius 3 is 2.53 bits per heavy atom. The summed E-state index contributed by atoms with van der Waals surface area (Å²) >= 11 is 0. The molecule has 1 atom stereocenters. The lowest BCUT2D eigenvalue weighted by Gasteiger charge is -2.22. The van der Waals surface area contributed by atoms with Crippen LogP contribution in [0.2, 0.25) is 0 Å². The molecule has 19 heavy (non-hydrogen) atoms. The molecule has 1 aromatic rings. The summed E-state index contributed by atoms with van der Waals surface area (Å²) in [5, 5.41) is 0. The van der Waals surface area contributed by atoms with E-state index in [2.05, 4.69) is 20.8 Å². The van der Waals surface area contributed by atoms with Crippen molar-refractivity contribution in [3.05, 3.63) is 35.4 Å². The van der Waals surface area contributed by atoms with Gasteiger partial charge in [0, 0.05) is 25.2 Å². The molecule has 0 saturated heterocycles. The summed E-state index contributed by atoms with van der Waals surface area (Å²) in [5.41, 5.74) is 7.94. The minimum absolute atomic E-state index is 0.0911. The van der Waals surface area contributed by atoms with Crippen LogP contribution in [0.15, 0.2) is 24.3 Å². The van der Waals surface area contributed by atoms with E-state index >= 15 is 0 Å². The molecule has 106 valence electrons. The van der Waals surface area contributed by atoms with Crippen molar-refractivity contribution >= 4 is 5.91 Å². The molecule has 3 nitrogen and oxygen atoms in total. The molecule has 1 aromatic carbocycles. The first kappa shape index (κ1) is 15.7. The summed E-state index contributed by atoms with van der Waals surface area (Å²) in [7, 11) is 1.85. The Bertz CT molecular complexity index is 415. The molecule has 2 N–H and O–H groups in total. The van der Waals surface area contributed by atoms with Gasteiger partial charge in [-0.3, -0.25) is 4.79 Å². The van der Waals surface area contributed by atoms with Crippen LogP contribution in [0.3, 0.4) is 0 Å². The molecular formula is C16H26N2O. The van der Waals surface area contributed by atoms with Gasteiger partial charge >= 0.3 is 0 Å². The van der Waals surface area contributed by atoms with Crippen molar-refractivity contribution in [2.45, 2.75) is 39.7 Å². The highest BCUT2D eigenvalue weighted by Gasteiger charge is 2.16. The maximum atomic E-state index is 12.4. The van der Waals surface area contributed by atoms with E-state index in [0.717, 1.165) is 24.0 Å². The molecule has 1 rings (SSSR count). The van der Waals surface area contributed by atoms with Crippen LogP contribution in [-0.4, -0.2) is 30.4 Å². The summed E-state index contributed by atoms with van der Waals surface area (Å²) in [6, 6.07) is 7.96. The molecule has 0 spiro atoms. The molecule has 0 heterocycles. The second kappa shape index (κ2) is 7.29. The third-order valence-corrected chi connectivity index (χ3v) is 3.63. The number of benzene rings is 1. The number of amides is 1. The Labute approximate surface area is 116 Å². The van der Waals surface area contributed by atoms with Crippen LogP contribution < -0.4 is 5.73 Å². The maximum Gasteiger partial charge on any atom is 0.253 e. The van der Waals surface area contributed by atoms with Gasteiger partial charge in [0.25, 0.3) is 5.91 Å². The summed E-state index contributed by atoms with van der Waals surface area (Å²) in [6.07, 6.45) is 1.72. The molecule has 1 amide bonds. The molecule has 0 bridgehead atoms. The highest BCUT2D eigenvalue weighted by Crippen LogP contribution is 2.13. The first-order valence-electron chi connectivity index (χ1n) is 7.06. The van der Waals surface area contributed by atoms with Gasteiger partial charge in [-0.1, -0.05) is 39.0 Å². The van der Waals surface area contributed by atoms with E-state index in [1.807, 2.05) is 31.3 Å². The molecule has 0 saturated carbocycles. The average Bonchev–Trinajstić information content (AvgIpc) is 2.43. The minimum Gasteiger partial charge on any atom is -0.342 e. The number of nitrogens with two attached hydrogens (primary N) is 1. The van der Waals surface area contributed by atoms with Crippen LogP contribution in [0.5, 0.6) is 0 Å². The lowest BCUT2D eigenvalue weighted by Crippen LogP contribution is -2.35. The Hall–Kier alpha value is -1.35. The fourth-order valence-electron chi connectivity index (χ4n) is 2.02. The van der Waals surface area contributed by atoms with Crippen LogP contribution in [0.25, 0.3) is 0 Å². The first-order chi connectivity index (χ1) is 8.97. The topological polar surface area (TPSA) is 46.3 Å². The monoisotopic (exact) mass is 262 g/mol. The summed E-state index contributed by atoms with van der Waals surface area (Å²) in [4.78, 5) is 14.2. The lowest BCUT2D eigenvalue weighted by atomic mass is 10.0. The number of hydrogen-bond acceptors (Lipinski definition) is 2. The minimum atomic E-state index is 0.0911. The quantitative estimate of drug-likeness (QED) is 0.856. The van der Waals surface area contributed by atoms with Gasteiger partial charge in [-0.2, -0.15) is 0 Å². The first-order valence-corrected chi connectivity index (χ1v) is 7.06. The fraction of sp³-hybridized carbons (Fsp3) is 0.562. The second-order valence-electron chi connectivity index (χ2n) is 5.43. The van der Waals surface area contributed by atoms with Crippen molar-refractivity contribution < 1.29 is 4.79 Å². The molecule has 0 aliphatic rings. The van der Waals surface area contributed by atoms with Crippen molar-refractivity contribution in [1.29, 1.82) is 0 Å². The number of carbonyl (C=O) groups is 1. The molecule has 0 fully saturated rings. The zero-order valence-electron chi connectivity index (χ0n) is 12.5. The zero-order valence-corrected chi connectivity index (χ0v) is 12.5. The third-order valence-electron chi connectivity index (χ3n) is 3.63. The molecule has 1 unspecified atom stereocenters. The van der Waals surface area contributed by atoms with E-state index < -0.39 is 0 Å². The van der Waals surface area contributed by atoms with E-state index in [4.69, 9.17) is 5.73 Å². The van der Waals surface area contributed by atoms with Gasteiger partial charge in [-0.15, -0.1) is 0 Å². The smallest absolute Gasteiger partial charge is 0.253 e. The highest BCUT2D eigenvalue weighted by atomic mass is 16.2. The van der Waals surface area contributed by atoms with Crippen LogP contribution in [0, 0.1) is 5.92 Å². The predicted molar refractivity (Wildman–Crippen MR) is 80.2 cm³/mol. The Balaban J connectivity index is 2.66. The number of rotatable bonds is 6. The number of carbonyl (C=O) groups excluding carboxylic acids is 1. The largest absolute Gasteiger partial charge is 0.342 e. The molecule has 0 aliphatic carbocycles. The van der Waals surface area contributed by atoms with Gasteiger partial charge in [0.1, 0.15) is 0 Å². The Morgan fingerprint density at radius 1 is 1.32 bits per heavy atom. The molecule has 0 aromatic heterocycles. The zero-order chi connectivity index (χ0) is 14.4. The van der Waals surface area contributed by atoms with E-state index in [9.17, 15) is 4.79 Å². The van der Waals surface area contributed by atoms with E-state index in [0.29, 0.717) is 12.5 Å². The number of aryl methyl sites for hydroxylation is 1. The average molecular weight is 262 g/mol. The number of nitrogens with zero attached hydrogens (tertiary/aromatic N) is 1. The Kier molecular flexibility index (Phi) is 6.03. The molecule has 3 heteroatoms. The van der Waals surface area contributed by atoms with Gasteiger partial charge < -0.3 is 10.6 Å². The summed E-state index contributed by atoms with van der Waals surface area (Å²) in [6.45, 7) is 6.99. The molecule has 0 radical (unpaired) electrons. The molecular weight excluding hydrogens is 236 g/mol. The van der Waals surface area contributed by atoms with E-state index in [1.54, 1.807) is 4.90 Å². The van der Waals surface area contributed by atoms with Crippen molar-refractivity contribution in [3.63, 3.8) is 0 Å². The predicted octanol–water partition coefficient (Wildman–Crippen LogP) is 2.69. The molecule has 0 aliphatic heterocycles. The van der Waals surface area contributed by atoms with Gasteiger partial charge in [0.05, 0.1) is 0 Å². The third kappa shape index (κ3) is 4.35. The van der Waals surface area contributed by atoms with Crippen molar-refractivity contribution in [3.8, 4) is 0 Å². The van der Waals surface area contributed by atoms with Gasteiger partial charge in [0.2, 0.25) is 0 Å². The highest BCUT2D eigenvalue weighted by molar-refractivity contribution is 5.95. The van der Waals surface area contributed by atoms with Crippen LogP contribution in [0.1, 0.15) is 43.1 Å². The van der Waals surface area contributed by atoms with Crippen LogP contribution in [0.4, 0.5) is 0 Å².